The molecule has 5 unspecified atom stereocenters. The van der Waals surface area contributed by atoms with Gasteiger partial charge in [0.1, 0.15) is 11.7 Å². The molecule has 0 bridgehead atoms. The molecule has 5 atom stereocenters. The Kier molecular flexibility index (Phi) is 8.03. The zero-order valence-electron chi connectivity index (χ0n) is 18.3. The molecular formula is C24H38O4. The first-order chi connectivity index (χ1) is 13.2. The van der Waals surface area contributed by atoms with Gasteiger partial charge in [-0.3, -0.25) is 14.4 Å². The van der Waals surface area contributed by atoms with Crippen LogP contribution in [0.1, 0.15) is 79.6 Å². The van der Waals surface area contributed by atoms with E-state index in [9.17, 15) is 14.4 Å². The molecule has 0 aromatic heterocycles. The molecule has 2 aliphatic rings. The van der Waals surface area contributed by atoms with Crippen LogP contribution >= 0.6 is 0 Å². The lowest BCUT2D eigenvalue weighted by Gasteiger charge is -2.42. The summed E-state index contributed by atoms with van der Waals surface area (Å²) in [5, 5.41) is 0. The summed E-state index contributed by atoms with van der Waals surface area (Å²) in [6, 6.07) is 0. The van der Waals surface area contributed by atoms with Gasteiger partial charge in [-0.2, -0.15) is 0 Å². The normalized spacial score (nSPS) is 29.0. The lowest BCUT2D eigenvalue weighted by molar-refractivity contribution is -0.155. The van der Waals surface area contributed by atoms with Crippen molar-refractivity contribution < 1.29 is 19.1 Å². The zero-order valence-corrected chi connectivity index (χ0v) is 18.3. The number of allylic oxidation sites excluding steroid dienone is 2. The number of hydrogen-bond donors (Lipinski definition) is 0. The van der Waals surface area contributed by atoms with Gasteiger partial charge in [-0.05, 0) is 56.3 Å². The molecule has 158 valence electrons. The van der Waals surface area contributed by atoms with Crippen molar-refractivity contribution in [3.8, 4) is 0 Å². The highest BCUT2D eigenvalue weighted by atomic mass is 16.5. The molecule has 1 saturated carbocycles. The zero-order chi connectivity index (χ0) is 20.9. The average Bonchev–Trinajstić information content (AvgIpc) is 2.61. The summed E-state index contributed by atoms with van der Waals surface area (Å²) in [5.41, 5.74) is -0.0238. The molecule has 0 spiro atoms. The number of carbonyl (C=O) groups excluding carboxylic acids is 3. The van der Waals surface area contributed by atoms with E-state index < -0.39 is 11.9 Å². The maximum absolute atomic E-state index is 13.2. The minimum atomic E-state index is -0.848. The molecule has 0 aromatic carbocycles. The smallest absolute Gasteiger partial charge is 0.316 e. The van der Waals surface area contributed by atoms with Crippen molar-refractivity contribution in [2.75, 3.05) is 6.61 Å². The van der Waals surface area contributed by atoms with Gasteiger partial charge >= 0.3 is 5.97 Å². The molecule has 2 rings (SSSR count). The van der Waals surface area contributed by atoms with Gasteiger partial charge in [0.05, 0.1) is 6.61 Å². The molecule has 0 amide bonds. The molecule has 0 N–H and O–H groups in total. The first-order valence-electron chi connectivity index (χ1n) is 11.1. The van der Waals surface area contributed by atoms with Crippen molar-refractivity contribution in [1.29, 1.82) is 0 Å². The molecule has 4 nitrogen and oxygen atoms in total. The van der Waals surface area contributed by atoms with Crippen LogP contribution in [0.3, 0.4) is 0 Å². The van der Waals surface area contributed by atoms with Crippen molar-refractivity contribution in [2.45, 2.75) is 79.6 Å². The second kappa shape index (κ2) is 9.84. The molecule has 0 aromatic rings. The third kappa shape index (κ3) is 5.33. The van der Waals surface area contributed by atoms with E-state index in [4.69, 9.17) is 4.74 Å². The highest BCUT2D eigenvalue weighted by Gasteiger charge is 2.44. The monoisotopic (exact) mass is 390 g/mol. The van der Waals surface area contributed by atoms with Crippen molar-refractivity contribution in [3.63, 3.8) is 0 Å². The number of esters is 1. The first kappa shape index (κ1) is 22.8. The summed E-state index contributed by atoms with van der Waals surface area (Å²) < 4.78 is 5.23. The van der Waals surface area contributed by atoms with Crippen LogP contribution in [-0.2, 0) is 19.1 Å². The number of rotatable bonds is 8. The maximum Gasteiger partial charge on any atom is 0.316 e. The SMILES string of the molecule is CCOC(=O)C(C(=O)C1C=CCCC1)C(C)CC(=O)C1C(C)CCCC1(C)C. The second-order valence-electron chi connectivity index (χ2n) is 9.58. The molecule has 28 heavy (non-hydrogen) atoms. The van der Waals surface area contributed by atoms with E-state index >= 15 is 0 Å². The minimum Gasteiger partial charge on any atom is -0.465 e. The Hall–Kier alpha value is -1.45. The third-order valence-electron chi connectivity index (χ3n) is 6.80. The van der Waals surface area contributed by atoms with Crippen LogP contribution in [0.15, 0.2) is 12.2 Å². The number of ketones is 2. The molecule has 2 aliphatic carbocycles. The van der Waals surface area contributed by atoms with Crippen LogP contribution in [0.25, 0.3) is 0 Å². The standard InChI is InChI=1S/C24H38O4/c1-6-28-23(27)20(22(26)18-12-8-7-9-13-18)17(3)15-19(25)21-16(2)11-10-14-24(21,4)5/h8,12,16-18,20-21H,6-7,9-11,13-15H2,1-5H3. The molecule has 1 fully saturated rings. The fourth-order valence-electron chi connectivity index (χ4n) is 5.43. The van der Waals surface area contributed by atoms with Crippen LogP contribution in [-0.4, -0.2) is 24.1 Å². The van der Waals surface area contributed by atoms with Crippen LogP contribution < -0.4 is 0 Å². The van der Waals surface area contributed by atoms with E-state index in [0.29, 0.717) is 5.92 Å². The lowest BCUT2D eigenvalue weighted by atomic mass is 9.61. The maximum atomic E-state index is 13.2. The van der Waals surface area contributed by atoms with E-state index in [1.54, 1.807) is 6.92 Å². The topological polar surface area (TPSA) is 60.4 Å². The van der Waals surface area contributed by atoms with Gasteiger partial charge in [-0.15, -0.1) is 0 Å². The number of Topliss-reactive ketones (excluding diaryl/α,β-unsaturated/α-hetero) is 2. The van der Waals surface area contributed by atoms with Crippen molar-refractivity contribution in [3.05, 3.63) is 12.2 Å². The van der Waals surface area contributed by atoms with Crippen LogP contribution in [0.5, 0.6) is 0 Å². The Labute approximate surface area is 170 Å². The summed E-state index contributed by atoms with van der Waals surface area (Å²) >= 11 is 0. The Morgan fingerprint density at radius 3 is 2.46 bits per heavy atom. The number of ether oxygens (including phenoxy) is 1. The first-order valence-corrected chi connectivity index (χ1v) is 11.1. The highest BCUT2D eigenvalue weighted by molar-refractivity contribution is 6.01. The molecule has 0 radical (unpaired) electrons. The largest absolute Gasteiger partial charge is 0.465 e. The number of hydrogen-bond acceptors (Lipinski definition) is 4. The summed E-state index contributed by atoms with van der Waals surface area (Å²) in [7, 11) is 0. The van der Waals surface area contributed by atoms with Crippen molar-refractivity contribution in [2.24, 2.45) is 35.0 Å². The second-order valence-corrected chi connectivity index (χ2v) is 9.58. The van der Waals surface area contributed by atoms with Crippen LogP contribution in [0.4, 0.5) is 0 Å². The Morgan fingerprint density at radius 2 is 1.89 bits per heavy atom. The number of carbonyl (C=O) groups is 3. The van der Waals surface area contributed by atoms with Crippen LogP contribution in [0, 0.1) is 35.0 Å². The predicted molar refractivity (Wildman–Crippen MR) is 111 cm³/mol. The van der Waals surface area contributed by atoms with Gasteiger partial charge in [-0.1, -0.05) is 46.3 Å². The summed E-state index contributed by atoms with van der Waals surface area (Å²) in [6.45, 7) is 10.4. The predicted octanol–water partition coefficient (Wildman–Crippen LogP) is 5.15. The molecular weight excluding hydrogens is 352 g/mol. The Bertz CT molecular complexity index is 604. The van der Waals surface area contributed by atoms with Gasteiger partial charge in [0.25, 0.3) is 0 Å². The highest BCUT2D eigenvalue weighted by Crippen LogP contribution is 2.45. The summed E-state index contributed by atoms with van der Waals surface area (Å²) in [6.07, 6.45) is 10.2. The molecule has 0 aliphatic heterocycles. The fourth-order valence-corrected chi connectivity index (χ4v) is 5.43. The van der Waals surface area contributed by atoms with Crippen molar-refractivity contribution >= 4 is 17.5 Å². The molecule has 4 heteroatoms. The fraction of sp³-hybridized carbons (Fsp3) is 0.792. The van der Waals surface area contributed by atoms with Gasteiger partial charge < -0.3 is 4.74 Å². The van der Waals surface area contributed by atoms with Gasteiger partial charge in [0, 0.05) is 18.3 Å². The summed E-state index contributed by atoms with van der Waals surface area (Å²) in [5.74, 6) is -1.42. The summed E-state index contributed by atoms with van der Waals surface area (Å²) in [4.78, 5) is 39.0. The van der Waals surface area contributed by atoms with Gasteiger partial charge in [0.15, 0.2) is 5.78 Å². The van der Waals surface area contributed by atoms with E-state index in [1.165, 1.54) is 0 Å². The average molecular weight is 391 g/mol. The van der Waals surface area contributed by atoms with Gasteiger partial charge in [-0.25, -0.2) is 0 Å². The van der Waals surface area contributed by atoms with Crippen molar-refractivity contribution in [1.82, 2.24) is 0 Å². The van der Waals surface area contributed by atoms with E-state index in [-0.39, 0.29) is 47.8 Å². The quantitative estimate of drug-likeness (QED) is 0.327. The Balaban J connectivity index is 2.17. The van der Waals surface area contributed by atoms with Gasteiger partial charge in [0.2, 0.25) is 0 Å². The molecule has 0 saturated heterocycles. The van der Waals surface area contributed by atoms with E-state index in [1.807, 2.05) is 19.1 Å². The van der Waals surface area contributed by atoms with Crippen LogP contribution in [0.2, 0.25) is 0 Å². The molecule has 0 heterocycles. The lowest BCUT2D eigenvalue weighted by Crippen LogP contribution is -2.42. The third-order valence-corrected chi connectivity index (χ3v) is 6.80. The minimum absolute atomic E-state index is 0.00350. The Morgan fingerprint density at radius 1 is 1.18 bits per heavy atom. The van der Waals surface area contributed by atoms with E-state index in [0.717, 1.165) is 38.5 Å². The van der Waals surface area contributed by atoms with E-state index in [2.05, 4.69) is 20.8 Å².